The molecule has 14 heavy (non-hydrogen) atoms. The van der Waals surface area contributed by atoms with Crippen molar-refractivity contribution in [2.24, 2.45) is 5.84 Å². The fraction of sp³-hybridized carbons (Fsp3) is 0.500. The summed E-state index contributed by atoms with van der Waals surface area (Å²) in [6, 6.07) is 3.42. The first-order chi connectivity index (χ1) is 6.46. The molecule has 2 atom stereocenters. The third kappa shape index (κ3) is 2.54. The Labute approximate surface area is 88.0 Å². The predicted molar refractivity (Wildman–Crippen MR) is 58.7 cm³/mol. The normalized spacial score (nSPS) is 16.5. The van der Waals surface area contributed by atoms with Gasteiger partial charge in [0.1, 0.15) is 0 Å². The van der Waals surface area contributed by atoms with Gasteiger partial charge in [0.15, 0.2) is 9.84 Å². The average Bonchev–Trinajstić information content (AvgIpc) is 2.57. The molecule has 3 N–H and O–H groups in total. The van der Waals surface area contributed by atoms with Crippen LogP contribution >= 0.6 is 11.3 Å². The van der Waals surface area contributed by atoms with Gasteiger partial charge in [-0.2, -0.15) is 0 Å². The molecule has 0 aromatic carbocycles. The van der Waals surface area contributed by atoms with Crippen LogP contribution in [0.15, 0.2) is 17.5 Å². The summed E-state index contributed by atoms with van der Waals surface area (Å²) in [5.41, 5.74) is 2.54. The van der Waals surface area contributed by atoms with E-state index in [1.165, 1.54) is 17.6 Å². The maximum Gasteiger partial charge on any atom is 0.151 e. The Hall–Kier alpha value is -0.430. The van der Waals surface area contributed by atoms with Crippen molar-refractivity contribution in [2.75, 3.05) is 6.26 Å². The second-order valence-corrected chi connectivity index (χ2v) is 6.58. The van der Waals surface area contributed by atoms with Crippen molar-refractivity contribution < 1.29 is 8.42 Å². The third-order valence-electron chi connectivity index (χ3n) is 2.17. The molecule has 0 saturated heterocycles. The van der Waals surface area contributed by atoms with E-state index in [9.17, 15) is 8.42 Å². The molecule has 0 fully saturated rings. The van der Waals surface area contributed by atoms with Gasteiger partial charge in [0.2, 0.25) is 0 Å². The molecule has 4 nitrogen and oxygen atoms in total. The van der Waals surface area contributed by atoms with Crippen LogP contribution in [-0.4, -0.2) is 19.9 Å². The number of sulfone groups is 1. The molecule has 6 heteroatoms. The molecule has 0 amide bonds. The van der Waals surface area contributed by atoms with E-state index in [0.29, 0.717) is 0 Å². The number of thiophene rings is 1. The second kappa shape index (κ2) is 4.39. The van der Waals surface area contributed by atoms with Gasteiger partial charge >= 0.3 is 0 Å². The Balaban J connectivity index is 2.94. The van der Waals surface area contributed by atoms with Crippen LogP contribution in [0.3, 0.4) is 0 Å². The Morgan fingerprint density at radius 3 is 2.57 bits per heavy atom. The van der Waals surface area contributed by atoms with E-state index < -0.39 is 15.1 Å². The van der Waals surface area contributed by atoms with Crippen molar-refractivity contribution >= 4 is 21.2 Å². The highest BCUT2D eigenvalue weighted by Crippen LogP contribution is 2.24. The summed E-state index contributed by atoms with van der Waals surface area (Å²) < 4.78 is 22.7. The zero-order valence-electron chi connectivity index (χ0n) is 8.10. The number of rotatable bonds is 4. The van der Waals surface area contributed by atoms with Gasteiger partial charge in [0.05, 0.1) is 11.3 Å². The maximum atomic E-state index is 11.3. The molecule has 80 valence electrons. The number of nitrogens with two attached hydrogens (primary N) is 1. The topological polar surface area (TPSA) is 72.2 Å². The first kappa shape index (κ1) is 11.6. The summed E-state index contributed by atoms with van der Waals surface area (Å²) in [5.74, 6) is 5.35. The van der Waals surface area contributed by atoms with E-state index in [1.54, 1.807) is 6.92 Å². The summed E-state index contributed by atoms with van der Waals surface area (Å²) in [6.07, 6.45) is 1.22. The Bertz CT molecular complexity index is 372. The number of hydrogen-bond donors (Lipinski definition) is 2. The number of hydrogen-bond acceptors (Lipinski definition) is 5. The van der Waals surface area contributed by atoms with Crippen LogP contribution in [0.4, 0.5) is 0 Å². The van der Waals surface area contributed by atoms with Crippen molar-refractivity contribution in [1.29, 1.82) is 0 Å². The first-order valence-electron chi connectivity index (χ1n) is 4.15. The molecule has 1 heterocycles. The van der Waals surface area contributed by atoms with E-state index in [-0.39, 0.29) is 6.04 Å². The molecule has 0 spiro atoms. The van der Waals surface area contributed by atoms with Gasteiger partial charge in [-0.05, 0) is 18.4 Å². The number of hydrazine groups is 1. The molecule has 0 bridgehead atoms. The van der Waals surface area contributed by atoms with Crippen LogP contribution in [0.1, 0.15) is 17.8 Å². The predicted octanol–water partition coefficient (Wildman–Crippen LogP) is 0.686. The van der Waals surface area contributed by atoms with Gasteiger partial charge in [-0.15, -0.1) is 11.3 Å². The Morgan fingerprint density at radius 1 is 1.57 bits per heavy atom. The summed E-state index contributed by atoms with van der Waals surface area (Å²) in [6.45, 7) is 1.65. The lowest BCUT2D eigenvalue weighted by molar-refractivity contribution is 0.519. The van der Waals surface area contributed by atoms with Crippen LogP contribution in [0.5, 0.6) is 0 Å². The molecule has 2 unspecified atom stereocenters. The van der Waals surface area contributed by atoms with Crippen LogP contribution in [0, 0.1) is 0 Å². The van der Waals surface area contributed by atoms with Gasteiger partial charge in [0, 0.05) is 11.1 Å². The molecule has 0 aliphatic rings. The van der Waals surface area contributed by atoms with E-state index in [4.69, 9.17) is 5.84 Å². The number of nitrogens with one attached hydrogen (secondary N) is 1. The average molecular weight is 234 g/mol. The minimum absolute atomic E-state index is 0.329. The Morgan fingerprint density at radius 2 is 2.21 bits per heavy atom. The van der Waals surface area contributed by atoms with E-state index >= 15 is 0 Å². The third-order valence-corrected chi connectivity index (χ3v) is 4.75. The lowest BCUT2D eigenvalue weighted by Crippen LogP contribution is -2.38. The van der Waals surface area contributed by atoms with Crippen LogP contribution in [-0.2, 0) is 9.84 Å². The van der Waals surface area contributed by atoms with Crippen molar-refractivity contribution in [1.82, 2.24) is 5.43 Å². The van der Waals surface area contributed by atoms with Gasteiger partial charge in [-0.1, -0.05) is 6.07 Å². The summed E-state index contributed by atoms with van der Waals surface area (Å²) in [7, 11) is -3.08. The standard InChI is InChI=1S/C8H14N2O2S2/c1-6(14(2,11)12)8(10-9)7-4-3-5-13-7/h3-6,8,10H,9H2,1-2H3. The van der Waals surface area contributed by atoms with Crippen LogP contribution < -0.4 is 11.3 Å². The lowest BCUT2D eigenvalue weighted by atomic mass is 10.2. The fourth-order valence-electron chi connectivity index (χ4n) is 1.16. The van der Waals surface area contributed by atoms with E-state index in [0.717, 1.165) is 4.88 Å². The monoisotopic (exact) mass is 234 g/mol. The van der Waals surface area contributed by atoms with Crippen molar-refractivity contribution in [3.63, 3.8) is 0 Å². The molecule has 1 aromatic heterocycles. The van der Waals surface area contributed by atoms with Gasteiger partial charge in [-0.3, -0.25) is 11.3 Å². The molecular weight excluding hydrogens is 220 g/mol. The highest BCUT2D eigenvalue weighted by atomic mass is 32.2. The fourth-order valence-corrected chi connectivity index (χ4v) is 2.86. The zero-order chi connectivity index (χ0) is 10.8. The molecule has 1 rings (SSSR count). The smallest absolute Gasteiger partial charge is 0.151 e. The second-order valence-electron chi connectivity index (χ2n) is 3.19. The van der Waals surface area contributed by atoms with Crippen molar-refractivity contribution in [2.45, 2.75) is 18.2 Å². The molecule has 0 radical (unpaired) electrons. The summed E-state index contributed by atoms with van der Waals surface area (Å²) in [5, 5.41) is 1.38. The van der Waals surface area contributed by atoms with Gasteiger partial charge in [0.25, 0.3) is 0 Å². The maximum absolute atomic E-state index is 11.3. The van der Waals surface area contributed by atoms with Gasteiger partial charge in [-0.25, -0.2) is 8.42 Å². The van der Waals surface area contributed by atoms with Crippen LogP contribution in [0.2, 0.25) is 0 Å². The largest absolute Gasteiger partial charge is 0.271 e. The van der Waals surface area contributed by atoms with Gasteiger partial charge < -0.3 is 0 Å². The molecule has 1 aromatic rings. The summed E-state index contributed by atoms with van der Waals surface area (Å²) >= 11 is 1.49. The highest BCUT2D eigenvalue weighted by Gasteiger charge is 2.26. The molecular formula is C8H14N2O2S2. The first-order valence-corrected chi connectivity index (χ1v) is 6.98. The van der Waals surface area contributed by atoms with Crippen molar-refractivity contribution in [3.05, 3.63) is 22.4 Å². The highest BCUT2D eigenvalue weighted by molar-refractivity contribution is 7.91. The van der Waals surface area contributed by atoms with Crippen LogP contribution in [0.25, 0.3) is 0 Å². The van der Waals surface area contributed by atoms with E-state index in [1.807, 2.05) is 17.5 Å². The minimum Gasteiger partial charge on any atom is -0.271 e. The SMILES string of the molecule is CC(C(NN)c1cccs1)S(C)(=O)=O. The molecule has 0 aliphatic carbocycles. The molecule has 0 saturated carbocycles. The quantitative estimate of drug-likeness (QED) is 0.594. The lowest BCUT2D eigenvalue weighted by Gasteiger charge is -2.20. The Kier molecular flexibility index (Phi) is 3.65. The summed E-state index contributed by atoms with van der Waals surface area (Å²) in [4.78, 5) is 0.936. The van der Waals surface area contributed by atoms with E-state index in [2.05, 4.69) is 5.43 Å². The van der Waals surface area contributed by atoms with Crippen molar-refractivity contribution in [3.8, 4) is 0 Å². The minimum atomic E-state index is -3.08. The zero-order valence-corrected chi connectivity index (χ0v) is 9.73. The molecule has 0 aliphatic heterocycles.